The van der Waals surface area contributed by atoms with Crippen LogP contribution in [-0.2, 0) is 4.79 Å². The van der Waals surface area contributed by atoms with Gasteiger partial charge in [0.25, 0.3) is 5.91 Å². The molecule has 0 aliphatic rings. The molecule has 1 N–H and O–H groups in total. The summed E-state index contributed by atoms with van der Waals surface area (Å²) in [6.45, 7) is -0.647. The minimum atomic E-state index is -4.81. The Morgan fingerprint density at radius 2 is 1.23 bits per heavy atom. The number of aliphatic carboxylic acids is 1. The van der Waals surface area contributed by atoms with Crippen molar-refractivity contribution in [2.24, 2.45) is 0 Å². The number of benzene rings is 3. The molecule has 2 atom stereocenters. The van der Waals surface area contributed by atoms with Gasteiger partial charge in [0.1, 0.15) is 0 Å². The number of rotatable bonds is 7. The fourth-order valence-corrected chi connectivity index (χ4v) is 3.44. The van der Waals surface area contributed by atoms with Gasteiger partial charge in [0, 0.05) is 12.1 Å². The van der Waals surface area contributed by atoms with E-state index in [1.807, 2.05) is 0 Å². The number of hydrogen-bond donors (Lipinski definition) is 1. The van der Waals surface area contributed by atoms with Crippen molar-refractivity contribution >= 4 is 11.9 Å². The van der Waals surface area contributed by atoms with Crippen molar-refractivity contribution in [1.29, 1.82) is 0 Å². The predicted molar refractivity (Wildman–Crippen MR) is 110 cm³/mol. The molecule has 0 aromatic heterocycles. The normalized spacial score (nSPS) is 13.3. The Labute approximate surface area is 177 Å². The van der Waals surface area contributed by atoms with Crippen LogP contribution in [0.5, 0.6) is 0 Å². The van der Waals surface area contributed by atoms with Crippen LogP contribution in [-0.4, -0.2) is 34.6 Å². The molecule has 3 rings (SSSR count). The first-order valence-corrected chi connectivity index (χ1v) is 9.54. The van der Waals surface area contributed by atoms with E-state index in [4.69, 9.17) is 0 Å². The van der Waals surface area contributed by atoms with E-state index in [0.29, 0.717) is 10.5 Å². The molecule has 0 fully saturated rings. The van der Waals surface area contributed by atoms with Crippen LogP contribution in [0.2, 0.25) is 0 Å². The smallest absolute Gasteiger partial charge is 0.413 e. The van der Waals surface area contributed by atoms with Crippen LogP contribution in [0, 0.1) is 0 Å². The van der Waals surface area contributed by atoms with E-state index >= 15 is 0 Å². The maximum absolute atomic E-state index is 14.2. The summed E-state index contributed by atoms with van der Waals surface area (Å²) in [5, 5.41) is 9.76. The average molecular weight is 427 g/mol. The number of carboxylic acids is 1. The second-order valence-corrected chi connectivity index (χ2v) is 6.98. The molecule has 7 heteroatoms. The Bertz CT molecular complexity index is 1010. The highest BCUT2D eigenvalue weighted by Gasteiger charge is 2.47. The van der Waals surface area contributed by atoms with Gasteiger partial charge in [0.05, 0.1) is 5.92 Å². The van der Waals surface area contributed by atoms with Crippen LogP contribution in [0.1, 0.15) is 33.4 Å². The summed E-state index contributed by atoms with van der Waals surface area (Å²) in [6.07, 6.45) is -4.81. The third-order valence-corrected chi connectivity index (χ3v) is 4.90. The Kier molecular flexibility index (Phi) is 6.74. The fraction of sp³-hybridized carbons (Fsp3) is 0.167. The summed E-state index contributed by atoms with van der Waals surface area (Å²) >= 11 is 0. The zero-order valence-corrected chi connectivity index (χ0v) is 16.4. The number of alkyl halides is 3. The summed E-state index contributed by atoms with van der Waals surface area (Å²) in [5.74, 6) is -3.54. The average Bonchev–Trinajstić information content (AvgIpc) is 2.76. The van der Waals surface area contributed by atoms with Crippen molar-refractivity contribution in [3.05, 3.63) is 108 Å². The molecular weight excluding hydrogens is 407 g/mol. The van der Waals surface area contributed by atoms with E-state index in [1.165, 1.54) is 48.5 Å². The number of amides is 1. The van der Waals surface area contributed by atoms with E-state index in [1.54, 1.807) is 42.5 Å². The van der Waals surface area contributed by atoms with Crippen LogP contribution >= 0.6 is 0 Å². The fourth-order valence-electron chi connectivity index (χ4n) is 3.44. The molecule has 0 bridgehead atoms. The molecule has 1 amide bonds. The van der Waals surface area contributed by atoms with Gasteiger partial charge in [-0.15, -0.1) is 0 Å². The first kappa shape index (κ1) is 22.1. The van der Waals surface area contributed by atoms with Gasteiger partial charge in [0.2, 0.25) is 0 Å². The van der Waals surface area contributed by atoms with Crippen molar-refractivity contribution in [3.63, 3.8) is 0 Å². The van der Waals surface area contributed by atoms with Gasteiger partial charge in [-0.25, -0.2) is 0 Å². The third-order valence-electron chi connectivity index (χ3n) is 4.90. The second kappa shape index (κ2) is 9.47. The number of carboxylic acid groups (broad SMARTS) is 1. The van der Waals surface area contributed by atoms with Crippen molar-refractivity contribution in [1.82, 2.24) is 4.90 Å². The zero-order chi connectivity index (χ0) is 22.4. The van der Waals surface area contributed by atoms with Crippen LogP contribution in [0.25, 0.3) is 0 Å². The predicted octanol–water partition coefficient (Wildman–Crippen LogP) is 5.30. The highest BCUT2D eigenvalue weighted by Crippen LogP contribution is 2.39. The molecular formula is C24H20F3NO3. The van der Waals surface area contributed by atoms with Crippen LogP contribution in [0.3, 0.4) is 0 Å². The quantitative estimate of drug-likeness (QED) is 0.557. The molecule has 160 valence electrons. The maximum atomic E-state index is 14.2. The SMILES string of the molecule is O=C(O)C(CN(C(=O)c1ccccc1)C(c1ccccc1)C(F)(F)F)c1ccccc1. The molecule has 0 aliphatic carbocycles. The van der Waals surface area contributed by atoms with E-state index < -0.39 is 36.6 Å². The molecule has 0 radical (unpaired) electrons. The Balaban J connectivity index is 2.11. The number of hydrogen-bond acceptors (Lipinski definition) is 2. The van der Waals surface area contributed by atoms with E-state index in [9.17, 15) is 27.9 Å². The van der Waals surface area contributed by atoms with Gasteiger partial charge in [0.15, 0.2) is 6.04 Å². The molecule has 3 aromatic carbocycles. The summed E-state index contributed by atoms with van der Waals surface area (Å²) in [5.41, 5.74) is 0.219. The largest absolute Gasteiger partial charge is 0.481 e. The van der Waals surface area contributed by atoms with Gasteiger partial charge >= 0.3 is 12.1 Å². The Morgan fingerprint density at radius 1 is 0.774 bits per heavy atom. The minimum absolute atomic E-state index is 0.0462. The number of halogens is 3. The summed E-state index contributed by atoms with van der Waals surface area (Å²) < 4.78 is 42.7. The van der Waals surface area contributed by atoms with Crippen molar-refractivity contribution < 1.29 is 27.9 Å². The highest BCUT2D eigenvalue weighted by atomic mass is 19.4. The first-order chi connectivity index (χ1) is 14.8. The first-order valence-electron chi connectivity index (χ1n) is 9.54. The summed E-state index contributed by atoms with van der Waals surface area (Å²) in [7, 11) is 0. The van der Waals surface area contributed by atoms with E-state index in [0.717, 1.165) is 0 Å². The van der Waals surface area contributed by atoms with Crippen molar-refractivity contribution in [2.45, 2.75) is 18.1 Å². The third kappa shape index (κ3) is 5.31. The zero-order valence-electron chi connectivity index (χ0n) is 16.4. The molecule has 0 aliphatic heterocycles. The van der Waals surface area contributed by atoms with Gasteiger partial charge in [-0.05, 0) is 23.3 Å². The lowest BCUT2D eigenvalue weighted by Crippen LogP contribution is -2.45. The van der Waals surface area contributed by atoms with Crippen molar-refractivity contribution in [2.75, 3.05) is 6.54 Å². The van der Waals surface area contributed by atoms with E-state index in [-0.39, 0.29) is 11.1 Å². The molecule has 0 saturated carbocycles. The Morgan fingerprint density at radius 3 is 1.68 bits per heavy atom. The van der Waals surface area contributed by atoms with Crippen LogP contribution in [0.15, 0.2) is 91.0 Å². The molecule has 31 heavy (non-hydrogen) atoms. The summed E-state index contributed by atoms with van der Waals surface area (Å²) in [4.78, 5) is 25.8. The summed E-state index contributed by atoms with van der Waals surface area (Å²) in [6, 6.07) is 20.2. The monoisotopic (exact) mass is 427 g/mol. The molecule has 0 saturated heterocycles. The number of nitrogens with zero attached hydrogens (tertiary/aromatic N) is 1. The van der Waals surface area contributed by atoms with Crippen LogP contribution < -0.4 is 0 Å². The lowest BCUT2D eigenvalue weighted by Gasteiger charge is -2.35. The number of carbonyl (C=O) groups is 2. The maximum Gasteiger partial charge on any atom is 0.413 e. The van der Waals surface area contributed by atoms with Gasteiger partial charge in [-0.2, -0.15) is 13.2 Å². The van der Waals surface area contributed by atoms with Crippen LogP contribution in [0.4, 0.5) is 13.2 Å². The van der Waals surface area contributed by atoms with Gasteiger partial charge in [-0.3, -0.25) is 9.59 Å². The minimum Gasteiger partial charge on any atom is -0.481 e. The van der Waals surface area contributed by atoms with Crippen molar-refractivity contribution in [3.8, 4) is 0 Å². The molecule has 0 heterocycles. The molecule has 3 aromatic rings. The lowest BCUT2D eigenvalue weighted by molar-refractivity contribution is -0.180. The molecule has 0 spiro atoms. The molecule has 2 unspecified atom stereocenters. The standard InChI is InChI=1S/C24H20F3NO3/c25-24(26,27)21(18-12-6-2-7-13-18)28(22(29)19-14-8-3-9-15-19)16-20(23(30)31)17-10-4-1-5-11-17/h1-15,20-21H,16H2,(H,30,31). The lowest BCUT2D eigenvalue weighted by atomic mass is 9.95. The molecule has 4 nitrogen and oxygen atoms in total. The van der Waals surface area contributed by atoms with Gasteiger partial charge < -0.3 is 10.0 Å². The Hall–Kier alpha value is -3.61. The highest BCUT2D eigenvalue weighted by molar-refractivity contribution is 5.95. The second-order valence-electron chi connectivity index (χ2n) is 6.98. The number of carbonyl (C=O) groups excluding carboxylic acids is 1. The van der Waals surface area contributed by atoms with E-state index in [2.05, 4.69) is 0 Å². The topological polar surface area (TPSA) is 57.6 Å². The van der Waals surface area contributed by atoms with Gasteiger partial charge in [-0.1, -0.05) is 78.9 Å².